The first kappa shape index (κ1) is 12.5. The SMILES string of the molecule is COCC(N)CN(C)c1cc2n[nH]c(=O)n2cn1. The number of hydrogen-bond donors (Lipinski definition) is 2. The largest absolute Gasteiger partial charge is 0.383 e. The maximum atomic E-state index is 11.3. The fourth-order valence-corrected chi connectivity index (χ4v) is 1.72. The number of rotatable bonds is 5. The molecule has 2 aromatic rings. The molecular weight excluding hydrogens is 236 g/mol. The van der Waals surface area contributed by atoms with Crippen LogP contribution in [-0.4, -0.2) is 52.9 Å². The van der Waals surface area contributed by atoms with Gasteiger partial charge >= 0.3 is 5.69 Å². The summed E-state index contributed by atoms with van der Waals surface area (Å²) in [6.07, 6.45) is 1.44. The van der Waals surface area contributed by atoms with Crippen LogP contribution in [-0.2, 0) is 4.74 Å². The second-order valence-electron chi connectivity index (χ2n) is 4.10. The molecule has 0 radical (unpaired) electrons. The quantitative estimate of drug-likeness (QED) is 0.695. The van der Waals surface area contributed by atoms with Crippen LogP contribution in [0.4, 0.5) is 5.82 Å². The third kappa shape index (κ3) is 2.49. The molecule has 0 fully saturated rings. The molecule has 0 aliphatic rings. The van der Waals surface area contributed by atoms with E-state index >= 15 is 0 Å². The van der Waals surface area contributed by atoms with Crippen molar-refractivity contribution in [3.8, 4) is 0 Å². The molecule has 0 spiro atoms. The van der Waals surface area contributed by atoms with Crippen LogP contribution in [0.1, 0.15) is 0 Å². The third-order valence-corrected chi connectivity index (χ3v) is 2.58. The number of aromatic nitrogens is 4. The van der Waals surface area contributed by atoms with Gasteiger partial charge in [-0.25, -0.2) is 19.3 Å². The van der Waals surface area contributed by atoms with E-state index in [9.17, 15) is 4.79 Å². The summed E-state index contributed by atoms with van der Waals surface area (Å²) in [5, 5.41) is 6.24. The van der Waals surface area contributed by atoms with Crippen molar-refractivity contribution in [2.45, 2.75) is 6.04 Å². The van der Waals surface area contributed by atoms with Crippen LogP contribution in [0.15, 0.2) is 17.2 Å². The first-order valence-electron chi connectivity index (χ1n) is 5.50. The number of fused-ring (bicyclic) bond motifs is 1. The van der Waals surface area contributed by atoms with E-state index < -0.39 is 0 Å². The molecule has 18 heavy (non-hydrogen) atoms. The monoisotopic (exact) mass is 252 g/mol. The highest BCUT2D eigenvalue weighted by molar-refractivity contribution is 5.49. The van der Waals surface area contributed by atoms with E-state index in [4.69, 9.17) is 10.5 Å². The molecule has 3 N–H and O–H groups in total. The summed E-state index contributed by atoms with van der Waals surface area (Å²) in [5.74, 6) is 0.702. The summed E-state index contributed by atoms with van der Waals surface area (Å²) in [6.45, 7) is 1.08. The van der Waals surface area contributed by atoms with Crippen LogP contribution in [0.5, 0.6) is 0 Å². The highest BCUT2D eigenvalue weighted by atomic mass is 16.5. The Hall–Kier alpha value is -1.93. The van der Waals surface area contributed by atoms with Crippen molar-refractivity contribution >= 4 is 11.5 Å². The van der Waals surface area contributed by atoms with Crippen LogP contribution < -0.4 is 16.3 Å². The minimum Gasteiger partial charge on any atom is -0.383 e. The smallest absolute Gasteiger partial charge is 0.348 e. The second-order valence-corrected chi connectivity index (χ2v) is 4.10. The van der Waals surface area contributed by atoms with Gasteiger partial charge in [-0.3, -0.25) is 0 Å². The van der Waals surface area contributed by atoms with Gasteiger partial charge in [0, 0.05) is 32.8 Å². The molecule has 98 valence electrons. The van der Waals surface area contributed by atoms with Gasteiger partial charge in [-0.05, 0) is 0 Å². The number of H-pyrrole nitrogens is 1. The van der Waals surface area contributed by atoms with Crippen molar-refractivity contribution in [1.82, 2.24) is 19.6 Å². The average molecular weight is 252 g/mol. The van der Waals surface area contributed by atoms with Gasteiger partial charge < -0.3 is 15.4 Å². The number of hydrogen-bond acceptors (Lipinski definition) is 6. The summed E-state index contributed by atoms with van der Waals surface area (Å²) in [6, 6.07) is 1.62. The number of nitrogens with zero attached hydrogens (tertiary/aromatic N) is 4. The zero-order valence-corrected chi connectivity index (χ0v) is 10.3. The third-order valence-electron chi connectivity index (χ3n) is 2.58. The first-order chi connectivity index (χ1) is 8.61. The first-order valence-corrected chi connectivity index (χ1v) is 5.50. The second kappa shape index (κ2) is 5.15. The topological polar surface area (TPSA) is 102 Å². The van der Waals surface area contributed by atoms with E-state index in [1.165, 1.54) is 10.7 Å². The zero-order chi connectivity index (χ0) is 13.1. The van der Waals surface area contributed by atoms with Crippen LogP contribution >= 0.6 is 0 Å². The molecule has 1 atom stereocenters. The van der Waals surface area contributed by atoms with Crippen molar-refractivity contribution in [1.29, 1.82) is 0 Å². The lowest BCUT2D eigenvalue weighted by Crippen LogP contribution is -2.38. The van der Waals surface area contributed by atoms with Crippen molar-refractivity contribution in [2.24, 2.45) is 5.73 Å². The summed E-state index contributed by atoms with van der Waals surface area (Å²) in [4.78, 5) is 17.4. The van der Waals surface area contributed by atoms with Crippen LogP contribution in [0.3, 0.4) is 0 Å². The average Bonchev–Trinajstić information content (AvgIpc) is 2.71. The molecule has 0 aromatic carbocycles. The number of ether oxygens (including phenoxy) is 1. The van der Waals surface area contributed by atoms with E-state index in [2.05, 4.69) is 15.2 Å². The molecule has 0 amide bonds. The summed E-state index contributed by atoms with van der Waals surface area (Å²) in [5.41, 5.74) is 6.09. The molecule has 8 heteroatoms. The lowest BCUT2D eigenvalue weighted by Gasteiger charge is -2.21. The fourth-order valence-electron chi connectivity index (χ4n) is 1.72. The molecule has 0 saturated heterocycles. The Kier molecular flexibility index (Phi) is 3.58. The van der Waals surface area contributed by atoms with Crippen molar-refractivity contribution in [3.63, 3.8) is 0 Å². The number of anilines is 1. The molecule has 0 aliphatic carbocycles. The van der Waals surface area contributed by atoms with Crippen LogP contribution in [0, 0.1) is 0 Å². The number of aromatic amines is 1. The van der Waals surface area contributed by atoms with Gasteiger partial charge in [-0.1, -0.05) is 0 Å². The van der Waals surface area contributed by atoms with Crippen LogP contribution in [0.2, 0.25) is 0 Å². The Morgan fingerprint density at radius 3 is 3.17 bits per heavy atom. The number of methoxy groups -OCH3 is 1. The van der Waals surface area contributed by atoms with Gasteiger partial charge in [0.2, 0.25) is 0 Å². The van der Waals surface area contributed by atoms with E-state index in [-0.39, 0.29) is 11.7 Å². The Bertz CT molecular complexity index is 577. The van der Waals surface area contributed by atoms with Gasteiger partial charge in [0.25, 0.3) is 0 Å². The van der Waals surface area contributed by atoms with Crippen molar-refractivity contribution in [3.05, 3.63) is 22.9 Å². The minimum atomic E-state index is -0.303. The van der Waals surface area contributed by atoms with Gasteiger partial charge in [-0.15, -0.1) is 0 Å². The zero-order valence-electron chi connectivity index (χ0n) is 10.3. The lowest BCUT2D eigenvalue weighted by atomic mass is 10.3. The Morgan fingerprint density at radius 1 is 1.67 bits per heavy atom. The molecule has 2 heterocycles. The summed E-state index contributed by atoms with van der Waals surface area (Å²) >= 11 is 0. The van der Waals surface area contributed by atoms with Crippen LogP contribution in [0.25, 0.3) is 5.65 Å². The molecular formula is C10H16N6O2. The molecule has 0 aliphatic heterocycles. The minimum absolute atomic E-state index is 0.0978. The maximum Gasteiger partial charge on any atom is 0.348 e. The van der Waals surface area contributed by atoms with E-state index in [0.717, 1.165) is 0 Å². The fraction of sp³-hybridized carbons (Fsp3) is 0.500. The van der Waals surface area contributed by atoms with Gasteiger partial charge in [0.15, 0.2) is 5.65 Å². The van der Waals surface area contributed by atoms with Crippen molar-refractivity contribution < 1.29 is 4.74 Å². The highest BCUT2D eigenvalue weighted by Gasteiger charge is 2.10. The Balaban J connectivity index is 2.17. The highest BCUT2D eigenvalue weighted by Crippen LogP contribution is 2.09. The van der Waals surface area contributed by atoms with Gasteiger partial charge in [0.1, 0.15) is 12.1 Å². The standard InChI is InChI=1S/C10H16N6O2/c1-15(4-7(11)5-18-2)8-3-9-13-14-10(17)16(9)6-12-8/h3,6-7H,4-5,11H2,1-2H3,(H,14,17). The maximum absolute atomic E-state index is 11.3. The molecule has 2 rings (SSSR count). The molecule has 8 nitrogen and oxygen atoms in total. The molecule has 0 saturated carbocycles. The van der Waals surface area contributed by atoms with E-state index in [1.807, 2.05) is 11.9 Å². The number of likely N-dealkylation sites (N-methyl/N-ethyl adjacent to an activating group) is 1. The molecule has 0 bridgehead atoms. The molecule has 2 aromatic heterocycles. The predicted molar refractivity (Wildman–Crippen MR) is 66.7 cm³/mol. The van der Waals surface area contributed by atoms with E-state index in [0.29, 0.717) is 24.6 Å². The van der Waals surface area contributed by atoms with E-state index in [1.54, 1.807) is 13.2 Å². The Morgan fingerprint density at radius 2 is 2.44 bits per heavy atom. The lowest BCUT2D eigenvalue weighted by molar-refractivity contribution is 0.181. The summed E-state index contributed by atoms with van der Waals surface area (Å²) < 4.78 is 6.32. The van der Waals surface area contributed by atoms with Gasteiger partial charge in [-0.2, -0.15) is 5.10 Å². The Labute approximate surface area is 103 Å². The number of nitrogens with two attached hydrogens (primary N) is 1. The number of nitrogens with one attached hydrogen (secondary N) is 1. The normalized spacial score (nSPS) is 12.8. The van der Waals surface area contributed by atoms with Gasteiger partial charge in [0.05, 0.1) is 6.61 Å². The predicted octanol–water partition coefficient (Wildman–Crippen LogP) is -1.17. The summed E-state index contributed by atoms with van der Waals surface area (Å²) in [7, 11) is 3.49. The molecule has 1 unspecified atom stereocenters. The van der Waals surface area contributed by atoms with Crippen molar-refractivity contribution in [2.75, 3.05) is 32.2 Å².